The fourth-order valence-electron chi connectivity index (χ4n) is 11.4. The summed E-state index contributed by atoms with van der Waals surface area (Å²) in [6.07, 6.45) is 18.5. The molecule has 52 heavy (non-hydrogen) atoms. The highest BCUT2D eigenvalue weighted by Crippen LogP contribution is 2.54. The van der Waals surface area contributed by atoms with Crippen molar-refractivity contribution in [1.82, 2.24) is 0 Å². The van der Waals surface area contributed by atoms with Crippen LogP contribution in [0.25, 0.3) is 22.8 Å². The topological polar surface area (TPSA) is 3.24 Å². The van der Waals surface area contributed by atoms with Gasteiger partial charge in [0.25, 0.3) is 0 Å². The number of hydrogen-bond donors (Lipinski definition) is 0. The van der Waals surface area contributed by atoms with Crippen LogP contribution in [0.1, 0.15) is 131 Å². The second-order valence-corrected chi connectivity index (χ2v) is 17.4. The van der Waals surface area contributed by atoms with Gasteiger partial charge in [-0.2, -0.15) is 0 Å². The minimum absolute atomic E-state index is 0.0987. The molecule has 5 aromatic carbocycles. The molecule has 0 aliphatic heterocycles. The van der Waals surface area contributed by atoms with Crippen molar-refractivity contribution >= 4 is 28.7 Å². The number of hydrogen-bond acceptors (Lipinski definition) is 1. The van der Waals surface area contributed by atoms with Crippen LogP contribution in [0, 0.1) is 11.8 Å². The van der Waals surface area contributed by atoms with E-state index in [9.17, 15) is 0 Å². The van der Waals surface area contributed by atoms with E-state index in [1.54, 1.807) is 5.56 Å². The second kappa shape index (κ2) is 12.9. The van der Waals surface area contributed by atoms with Crippen LogP contribution in [0.2, 0.25) is 0 Å². The molecule has 0 saturated heterocycles. The third-order valence-electron chi connectivity index (χ3n) is 14.2. The van der Waals surface area contributed by atoms with E-state index in [0.717, 1.165) is 30.6 Å². The molecule has 2 unspecified atom stereocenters. The van der Waals surface area contributed by atoms with Gasteiger partial charge in [-0.1, -0.05) is 131 Å². The molecule has 0 heterocycles. The van der Waals surface area contributed by atoms with Crippen molar-refractivity contribution in [2.45, 2.75) is 108 Å². The summed E-state index contributed by atoms with van der Waals surface area (Å²) in [5.74, 6) is 3.37. The maximum Gasteiger partial charge on any atom is 0.0465 e. The molecule has 0 amide bonds. The Labute approximate surface area is 311 Å². The first kappa shape index (κ1) is 32.3. The molecule has 0 spiro atoms. The Balaban J connectivity index is 1.06. The second-order valence-electron chi connectivity index (χ2n) is 17.4. The van der Waals surface area contributed by atoms with Crippen LogP contribution in [0.15, 0.2) is 109 Å². The smallest absolute Gasteiger partial charge is 0.0465 e. The van der Waals surface area contributed by atoms with Crippen molar-refractivity contribution in [3.63, 3.8) is 0 Å². The molecular formula is C51H53N. The molecule has 3 fully saturated rings. The minimum Gasteiger partial charge on any atom is -0.310 e. The molecule has 1 nitrogen and oxygen atoms in total. The van der Waals surface area contributed by atoms with Crippen LogP contribution in [0.3, 0.4) is 0 Å². The lowest BCUT2D eigenvalue weighted by molar-refractivity contribution is 0.443. The summed E-state index contributed by atoms with van der Waals surface area (Å²) in [6, 6.07) is 42.8. The van der Waals surface area contributed by atoms with Crippen molar-refractivity contribution < 1.29 is 0 Å². The van der Waals surface area contributed by atoms with Crippen molar-refractivity contribution in [3.8, 4) is 11.1 Å². The van der Waals surface area contributed by atoms with Gasteiger partial charge in [-0.3, -0.25) is 0 Å². The summed E-state index contributed by atoms with van der Waals surface area (Å²) in [4.78, 5) is 2.53. The first-order valence-electron chi connectivity index (χ1n) is 20.6. The summed E-state index contributed by atoms with van der Waals surface area (Å²) in [6.45, 7) is 4.88. The molecule has 5 aliphatic rings. The number of anilines is 3. The highest BCUT2D eigenvalue weighted by molar-refractivity contribution is 5.92. The van der Waals surface area contributed by atoms with E-state index in [1.165, 1.54) is 131 Å². The summed E-state index contributed by atoms with van der Waals surface area (Å²) in [5, 5.41) is 2.78. The number of benzene rings is 5. The van der Waals surface area contributed by atoms with Crippen LogP contribution in [0.4, 0.5) is 17.1 Å². The van der Waals surface area contributed by atoms with E-state index in [2.05, 4.69) is 134 Å². The normalized spacial score (nSPS) is 23.0. The average Bonchev–Trinajstić information content (AvgIpc) is 3.87. The van der Waals surface area contributed by atoms with Gasteiger partial charge in [0.1, 0.15) is 0 Å². The summed E-state index contributed by atoms with van der Waals surface area (Å²) >= 11 is 0. The molecule has 0 bridgehead atoms. The lowest BCUT2D eigenvalue weighted by atomic mass is 9.81. The predicted octanol–water partition coefficient (Wildman–Crippen LogP) is 12.6. The summed E-state index contributed by atoms with van der Waals surface area (Å²) in [7, 11) is 0. The maximum atomic E-state index is 2.53. The third kappa shape index (κ3) is 5.41. The van der Waals surface area contributed by atoms with Gasteiger partial charge < -0.3 is 4.90 Å². The van der Waals surface area contributed by atoms with Crippen LogP contribution in [-0.4, -0.2) is 0 Å². The van der Waals surface area contributed by atoms with Gasteiger partial charge >= 0.3 is 0 Å². The van der Waals surface area contributed by atoms with E-state index in [-0.39, 0.29) is 5.41 Å². The van der Waals surface area contributed by atoms with Crippen LogP contribution in [0.5, 0.6) is 0 Å². The lowest BCUT2D eigenvalue weighted by Crippen LogP contribution is -2.29. The Morgan fingerprint density at radius 2 is 1.23 bits per heavy atom. The Hall–Kier alpha value is -4.36. The molecule has 0 N–H and O–H groups in total. The maximum absolute atomic E-state index is 2.53. The van der Waals surface area contributed by atoms with E-state index in [1.807, 2.05) is 0 Å². The molecule has 1 heteroatoms. The van der Waals surface area contributed by atoms with Gasteiger partial charge in [-0.05, 0) is 154 Å². The summed E-state index contributed by atoms with van der Waals surface area (Å²) in [5.41, 5.74) is 15.3. The Kier molecular flexibility index (Phi) is 8.04. The van der Waals surface area contributed by atoms with Gasteiger partial charge in [0.05, 0.1) is 0 Å². The lowest BCUT2D eigenvalue weighted by Gasteiger charge is -2.29. The largest absolute Gasteiger partial charge is 0.310 e. The average molecular weight is 680 g/mol. The standard InChI is InChI=1S/C51H53N/c1-51(2)48-20-10-19-46(45-18-9-14-37-13-6-7-17-44(37)45)50(48)47-30-29-43(33-49(47)51)52(41-25-21-35(22-26-41)34-11-4-3-5-12-34)42-27-23-36(24-28-42)40-31-38-15-8-16-39(38)32-40/h6-7,10,13-14,17,19-30,33-34,38-40H,3-5,8-9,11-12,15-16,18,31-32H2,1-2H3. The van der Waals surface area contributed by atoms with Crippen molar-refractivity contribution in [2.24, 2.45) is 11.8 Å². The first-order chi connectivity index (χ1) is 25.5. The zero-order valence-corrected chi connectivity index (χ0v) is 31.2. The predicted molar refractivity (Wildman–Crippen MR) is 219 cm³/mol. The fourth-order valence-corrected chi connectivity index (χ4v) is 11.4. The van der Waals surface area contributed by atoms with Gasteiger partial charge in [0, 0.05) is 22.5 Å². The number of fused-ring (bicyclic) bond motifs is 5. The van der Waals surface area contributed by atoms with Gasteiger partial charge in [-0.15, -0.1) is 0 Å². The highest BCUT2D eigenvalue weighted by atomic mass is 15.1. The zero-order valence-electron chi connectivity index (χ0n) is 31.2. The molecule has 5 aromatic rings. The fraction of sp³-hybridized carbons (Fsp3) is 0.373. The molecule has 3 saturated carbocycles. The van der Waals surface area contributed by atoms with Gasteiger partial charge in [-0.25, -0.2) is 0 Å². The molecule has 10 rings (SSSR count). The van der Waals surface area contributed by atoms with Crippen LogP contribution >= 0.6 is 0 Å². The quantitative estimate of drug-likeness (QED) is 0.173. The minimum atomic E-state index is -0.0987. The number of rotatable bonds is 6. The Bertz CT molecular complexity index is 2240. The zero-order chi connectivity index (χ0) is 34.8. The van der Waals surface area contributed by atoms with E-state index < -0.39 is 0 Å². The van der Waals surface area contributed by atoms with Crippen LogP contribution < -0.4 is 15.3 Å². The molecule has 262 valence electrons. The third-order valence-corrected chi connectivity index (χ3v) is 14.2. The molecule has 2 atom stereocenters. The summed E-state index contributed by atoms with van der Waals surface area (Å²) < 4.78 is 0. The molecule has 0 aromatic heterocycles. The van der Waals surface area contributed by atoms with Gasteiger partial charge in [0.2, 0.25) is 0 Å². The SMILES string of the molecule is CC1(C)c2cc(N(c3ccc(C4CCCCC4)cc3)c3ccc(C4CC5CCCC5C4)cc3)ccc2-c2c(C3=c4ccccc4=CCC3)cccc21. The molecule has 0 radical (unpaired) electrons. The first-order valence-corrected chi connectivity index (χ1v) is 20.6. The Morgan fingerprint density at radius 1 is 0.558 bits per heavy atom. The van der Waals surface area contributed by atoms with Gasteiger partial charge in [0.15, 0.2) is 0 Å². The monoisotopic (exact) mass is 679 g/mol. The van der Waals surface area contributed by atoms with Crippen molar-refractivity contribution in [1.29, 1.82) is 0 Å². The highest BCUT2D eigenvalue weighted by Gasteiger charge is 2.39. The van der Waals surface area contributed by atoms with Crippen LogP contribution in [-0.2, 0) is 5.41 Å². The number of nitrogens with zero attached hydrogens (tertiary/aromatic N) is 1. The van der Waals surface area contributed by atoms with E-state index in [4.69, 9.17) is 0 Å². The van der Waals surface area contributed by atoms with Crippen molar-refractivity contribution in [3.05, 3.63) is 147 Å². The van der Waals surface area contributed by atoms with Crippen molar-refractivity contribution in [2.75, 3.05) is 4.90 Å². The molecular weight excluding hydrogens is 627 g/mol. The molecule has 5 aliphatic carbocycles. The van der Waals surface area contributed by atoms with E-state index >= 15 is 0 Å². The van der Waals surface area contributed by atoms with E-state index in [0.29, 0.717) is 5.92 Å². The Morgan fingerprint density at radius 3 is 1.96 bits per heavy atom.